The van der Waals surface area contributed by atoms with E-state index in [1.165, 1.54) is 11.3 Å². The molecule has 2 aromatic heterocycles. The van der Waals surface area contributed by atoms with Gasteiger partial charge in [-0.3, -0.25) is 4.79 Å². The smallest absolute Gasteiger partial charge is 0.265 e. The second kappa shape index (κ2) is 6.16. The maximum atomic E-state index is 12.8. The van der Waals surface area contributed by atoms with E-state index in [2.05, 4.69) is 4.98 Å². The van der Waals surface area contributed by atoms with E-state index in [1.807, 2.05) is 48.5 Å². The van der Waals surface area contributed by atoms with Crippen molar-refractivity contribution in [3.63, 3.8) is 0 Å². The van der Waals surface area contributed by atoms with Crippen LogP contribution in [0.25, 0.3) is 20.3 Å². The summed E-state index contributed by atoms with van der Waals surface area (Å²) in [7, 11) is 1.79. The predicted molar refractivity (Wildman–Crippen MR) is 102 cm³/mol. The van der Waals surface area contributed by atoms with Gasteiger partial charge >= 0.3 is 0 Å². The lowest BCUT2D eigenvalue weighted by molar-refractivity contribution is 0.0790. The molecule has 0 saturated carbocycles. The van der Waals surface area contributed by atoms with Crippen LogP contribution < -0.4 is 0 Å². The summed E-state index contributed by atoms with van der Waals surface area (Å²) in [5.41, 5.74) is 0.971. The Kier molecular flexibility index (Phi) is 4.00. The van der Waals surface area contributed by atoms with Crippen molar-refractivity contribution in [3.05, 3.63) is 63.4 Å². The number of hydrogen-bond donors (Lipinski definition) is 0. The van der Waals surface area contributed by atoms with Gasteiger partial charge in [-0.1, -0.05) is 41.9 Å². The Morgan fingerprint density at radius 2 is 1.79 bits per heavy atom. The molecule has 120 valence electrons. The highest BCUT2D eigenvalue weighted by molar-refractivity contribution is 7.21. The number of aromatic nitrogens is 1. The van der Waals surface area contributed by atoms with Gasteiger partial charge in [-0.05, 0) is 18.2 Å². The minimum atomic E-state index is -0.0690. The molecule has 0 atom stereocenters. The van der Waals surface area contributed by atoms with Crippen LogP contribution in [0.5, 0.6) is 0 Å². The van der Waals surface area contributed by atoms with Crippen LogP contribution in [-0.4, -0.2) is 22.8 Å². The van der Waals surface area contributed by atoms with Crippen molar-refractivity contribution in [2.45, 2.75) is 6.54 Å². The Hall–Kier alpha value is -1.95. The molecule has 3 nitrogen and oxygen atoms in total. The molecular formula is C18H13ClN2OS2. The average molecular weight is 373 g/mol. The van der Waals surface area contributed by atoms with Crippen molar-refractivity contribution < 1.29 is 4.79 Å². The fourth-order valence-corrected chi connectivity index (χ4v) is 5.11. The summed E-state index contributed by atoms with van der Waals surface area (Å²) in [5, 5.41) is 2.39. The third-order valence-electron chi connectivity index (χ3n) is 3.79. The minimum absolute atomic E-state index is 0.0690. The molecular weight excluding hydrogens is 360 g/mol. The van der Waals surface area contributed by atoms with E-state index in [0.29, 0.717) is 16.4 Å². The molecule has 0 unspecified atom stereocenters. The van der Waals surface area contributed by atoms with Crippen molar-refractivity contribution in [3.8, 4) is 0 Å². The van der Waals surface area contributed by atoms with Crippen LogP contribution in [0.15, 0.2) is 48.5 Å². The summed E-state index contributed by atoms with van der Waals surface area (Å²) in [6, 6.07) is 15.8. The van der Waals surface area contributed by atoms with Crippen LogP contribution in [0.4, 0.5) is 0 Å². The quantitative estimate of drug-likeness (QED) is 0.480. The zero-order valence-electron chi connectivity index (χ0n) is 12.8. The normalized spacial score (nSPS) is 11.2. The number of thiazole rings is 1. The molecule has 0 spiro atoms. The van der Waals surface area contributed by atoms with E-state index < -0.39 is 0 Å². The Morgan fingerprint density at radius 3 is 2.54 bits per heavy atom. The molecule has 0 aliphatic rings. The summed E-state index contributed by atoms with van der Waals surface area (Å²) < 4.78 is 2.16. The molecule has 0 N–H and O–H groups in total. The van der Waals surface area contributed by atoms with Crippen molar-refractivity contribution in [1.29, 1.82) is 0 Å². The van der Waals surface area contributed by atoms with E-state index in [4.69, 9.17) is 11.6 Å². The summed E-state index contributed by atoms with van der Waals surface area (Å²) in [5.74, 6) is -0.0690. The molecule has 4 aromatic rings. The molecule has 0 bridgehead atoms. The molecule has 0 fully saturated rings. The van der Waals surface area contributed by atoms with Gasteiger partial charge in [0.05, 0.1) is 21.8 Å². The Balaban J connectivity index is 1.62. The van der Waals surface area contributed by atoms with Gasteiger partial charge in [0.1, 0.15) is 9.88 Å². The van der Waals surface area contributed by atoms with Gasteiger partial charge in [0.15, 0.2) is 0 Å². The van der Waals surface area contributed by atoms with E-state index in [9.17, 15) is 4.79 Å². The SMILES string of the molecule is CN(Cc1nc2ccccc2s1)C(=O)c1sc2ccccc2c1Cl. The van der Waals surface area contributed by atoms with Crippen LogP contribution in [0.1, 0.15) is 14.7 Å². The Bertz CT molecular complexity index is 1020. The molecule has 2 heterocycles. The highest BCUT2D eigenvalue weighted by Gasteiger charge is 2.21. The number of fused-ring (bicyclic) bond motifs is 2. The number of nitrogens with zero attached hydrogens (tertiary/aromatic N) is 2. The van der Waals surface area contributed by atoms with Crippen LogP contribution in [0.3, 0.4) is 0 Å². The van der Waals surface area contributed by atoms with Gasteiger partial charge in [0.25, 0.3) is 5.91 Å². The topological polar surface area (TPSA) is 33.2 Å². The fourth-order valence-electron chi connectivity index (χ4n) is 2.59. The first kappa shape index (κ1) is 15.6. The van der Waals surface area contributed by atoms with E-state index >= 15 is 0 Å². The zero-order chi connectivity index (χ0) is 16.7. The molecule has 0 aliphatic heterocycles. The maximum absolute atomic E-state index is 12.8. The van der Waals surface area contributed by atoms with Crippen molar-refractivity contribution in [2.24, 2.45) is 0 Å². The molecule has 0 radical (unpaired) electrons. The van der Waals surface area contributed by atoms with Crippen LogP contribution in [0, 0.1) is 0 Å². The van der Waals surface area contributed by atoms with E-state index in [-0.39, 0.29) is 5.91 Å². The molecule has 4 rings (SSSR count). The van der Waals surface area contributed by atoms with Gasteiger partial charge in [0.2, 0.25) is 0 Å². The Morgan fingerprint density at radius 1 is 1.08 bits per heavy atom. The highest BCUT2D eigenvalue weighted by Crippen LogP contribution is 2.36. The molecule has 0 saturated heterocycles. The number of halogens is 1. The predicted octanol–water partition coefficient (Wildman–Crippen LogP) is 5.44. The molecule has 24 heavy (non-hydrogen) atoms. The average Bonchev–Trinajstić information content (AvgIpc) is 3.15. The number of rotatable bonds is 3. The van der Waals surface area contributed by atoms with Gasteiger partial charge in [0, 0.05) is 17.1 Å². The number of para-hydroxylation sites is 1. The third-order valence-corrected chi connectivity index (χ3v) is 6.47. The van der Waals surface area contributed by atoms with Gasteiger partial charge in [-0.25, -0.2) is 4.98 Å². The summed E-state index contributed by atoms with van der Waals surface area (Å²) in [4.78, 5) is 19.6. The molecule has 6 heteroatoms. The minimum Gasteiger partial charge on any atom is -0.334 e. The summed E-state index contributed by atoms with van der Waals surface area (Å²) in [6.07, 6.45) is 0. The zero-order valence-corrected chi connectivity index (χ0v) is 15.2. The van der Waals surface area contributed by atoms with Crippen LogP contribution in [0.2, 0.25) is 5.02 Å². The molecule has 1 amide bonds. The summed E-state index contributed by atoms with van der Waals surface area (Å²) >= 11 is 9.46. The lowest BCUT2D eigenvalue weighted by atomic mass is 10.2. The summed E-state index contributed by atoms with van der Waals surface area (Å²) in [6.45, 7) is 0.475. The first-order valence-corrected chi connectivity index (χ1v) is 9.41. The first-order valence-electron chi connectivity index (χ1n) is 7.40. The van der Waals surface area contributed by atoms with Crippen molar-refractivity contribution in [2.75, 3.05) is 7.05 Å². The van der Waals surface area contributed by atoms with Gasteiger partial charge in [-0.15, -0.1) is 22.7 Å². The lowest BCUT2D eigenvalue weighted by Crippen LogP contribution is -2.25. The number of thiophene rings is 1. The third kappa shape index (κ3) is 2.69. The standard InChI is InChI=1S/C18H13ClN2OS2/c1-21(10-15-20-12-7-3-5-9-14(12)23-15)18(22)17-16(19)11-6-2-4-8-13(11)24-17/h2-9H,10H2,1H3. The Labute approximate surface area is 152 Å². The van der Waals surface area contributed by atoms with Crippen molar-refractivity contribution in [1.82, 2.24) is 9.88 Å². The first-order chi connectivity index (χ1) is 11.6. The number of benzene rings is 2. The van der Waals surface area contributed by atoms with E-state index in [1.54, 1.807) is 23.3 Å². The fraction of sp³-hybridized carbons (Fsp3) is 0.111. The lowest BCUT2D eigenvalue weighted by Gasteiger charge is -2.14. The van der Waals surface area contributed by atoms with Crippen LogP contribution in [-0.2, 0) is 6.54 Å². The second-order valence-corrected chi connectivity index (χ2v) is 8.02. The molecule has 0 aliphatic carbocycles. The van der Waals surface area contributed by atoms with Crippen LogP contribution >= 0.6 is 34.3 Å². The van der Waals surface area contributed by atoms with Gasteiger partial charge in [-0.2, -0.15) is 0 Å². The molecule has 2 aromatic carbocycles. The van der Waals surface area contributed by atoms with Crippen molar-refractivity contribution >= 4 is 60.5 Å². The number of amides is 1. The second-order valence-electron chi connectivity index (χ2n) is 5.48. The van der Waals surface area contributed by atoms with Gasteiger partial charge < -0.3 is 4.90 Å². The maximum Gasteiger partial charge on any atom is 0.265 e. The highest BCUT2D eigenvalue weighted by atomic mass is 35.5. The number of carbonyl (C=O) groups is 1. The number of carbonyl (C=O) groups excluding carboxylic acids is 1. The van der Waals surface area contributed by atoms with E-state index in [0.717, 1.165) is 25.3 Å². The monoisotopic (exact) mass is 372 g/mol. The largest absolute Gasteiger partial charge is 0.334 e. The number of hydrogen-bond acceptors (Lipinski definition) is 4.